The fraction of sp³-hybridized carbons (Fsp3) is 0.417. The van der Waals surface area contributed by atoms with Gasteiger partial charge >= 0.3 is 0 Å². The number of benzene rings is 1. The number of aliphatic hydroxyl groups excluding tert-OH is 1. The van der Waals surface area contributed by atoms with Gasteiger partial charge in [0.25, 0.3) is 0 Å². The first-order valence-electron chi connectivity index (χ1n) is 5.62. The topological polar surface area (TPSA) is 82.1 Å². The lowest BCUT2D eigenvalue weighted by Gasteiger charge is -2.23. The molecule has 0 aliphatic carbocycles. The first-order chi connectivity index (χ1) is 8.45. The minimum absolute atomic E-state index is 0.0707. The van der Waals surface area contributed by atoms with Crippen LogP contribution in [0.2, 0.25) is 0 Å². The highest BCUT2D eigenvalue weighted by Crippen LogP contribution is 2.24. The summed E-state index contributed by atoms with van der Waals surface area (Å²) in [6.45, 7) is 2.43. The van der Waals surface area contributed by atoms with Gasteiger partial charge in [-0.2, -0.15) is 0 Å². The maximum absolute atomic E-state index is 9.30. The van der Waals surface area contributed by atoms with Gasteiger partial charge in [0.1, 0.15) is 0 Å². The SMILES string of the molecule is CC(O)CCN(C)c1cc(Br)ccc1/C(N)=N/O. The Balaban J connectivity index is 3.01. The van der Waals surface area contributed by atoms with Crippen molar-refractivity contribution in [3.8, 4) is 0 Å². The van der Waals surface area contributed by atoms with Crippen LogP contribution in [0, 0.1) is 0 Å². The van der Waals surface area contributed by atoms with Gasteiger partial charge in [0.05, 0.1) is 6.10 Å². The summed E-state index contributed by atoms with van der Waals surface area (Å²) in [6.07, 6.45) is 0.297. The van der Waals surface area contributed by atoms with Crippen molar-refractivity contribution in [1.82, 2.24) is 0 Å². The van der Waals surface area contributed by atoms with Crippen LogP contribution in [0.3, 0.4) is 0 Å². The molecular weight excluding hydrogens is 298 g/mol. The predicted molar refractivity (Wildman–Crippen MR) is 76.2 cm³/mol. The molecule has 0 saturated carbocycles. The molecule has 0 bridgehead atoms. The van der Waals surface area contributed by atoms with E-state index in [1.54, 1.807) is 13.0 Å². The Kier molecular flexibility index (Phi) is 5.43. The molecule has 4 N–H and O–H groups in total. The lowest BCUT2D eigenvalue weighted by Crippen LogP contribution is -2.25. The third kappa shape index (κ3) is 3.89. The summed E-state index contributed by atoms with van der Waals surface area (Å²) in [5.74, 6) is 0.0707. The van der Waals surface area contributed by atoms with Gasteiger partial charge < -0.3 is 20.9 Å². The molecular formula is C12H18BrN3O2. The van der Waals surface area contributed by atoms with Crippen LogP contribution < -0.4 is 10.6 Å². The van der Waals surface area contributed by atoms with Crippen molar-refractivity contribution < 1.29 is 10.3 Å². The number of hydrogen-bond acceptors (Lipinski definition) is 4. The average molecular weight is 316 g/mol. The Hall–Kier alpha value is -1.27. The van der Waals surface area contributed by atoms with E-state index in [0.717, 1.165) is 10.2 Å². The Bertz CT molecular complexity index is 435. The molecule has 1 aromatic carbocycles. The molecule has 1 aromatic rings. The van der Waals surface area contributed by atoms with Crippen LogP contribution in [0.5, 0.6) is 0 Å². The highest BCUT2D eigenvalue weighted by atomic mass is 79.9. The number of hydrogen-bond donors (Lipinski definition) is 3. The zero-order valence-corrected chi connectivity index (χ0v) is 12.1. The van der Waals surface area contributed by atoms with E-state index in [1.807, 2.05) is 24.1 Å². The summed E-state index contributed by atoms with van der Waals surface area (Å²) in [7, 11) is 1.90. The quantitative estimate of drug-likeness (QED) is 0.334. The maximum Gasteiger partial charge on any atom is 0.172 e. The van der Waals surface area contributed by atoms with Crippen LogP contribution in [-0.4, -0.2) is 35.8 Å². The van der Waals surface area contributed by atoms with Crippen LogP contribution in [0.1, 0.15) is 18.9 Å². The van der Waals surface area contributed by atoms with Crippen LogP contribution in [0.4, 0.5) is 5.69 Å². The number of nitrogens with two attached hydrogens (primary N) is 1. The van der Waals surface area contributed by atoms with Crippen molar-refractivity contribution in [1.29, 1.82) is 0 Å². The number of oxime groups is 1. The number of aliphatic hydroxyl groups is 1. The zero-order valence-electron chi connectivity index (χ0n) is 10.5. The molecule has 18 heavy (non-hydrogen) atoms. The van der Waals surface area contributed by atoms with E-state index in [-0.39, 0.29) is 11.9 Å². The standard InChI is InChI=1S/C12H18BrN3O2/c1-8(17)5-6-16(2)11-7-9(13)3-4-10(11)12(14)15-18/h3-4,7-8,17-18H,5-6H2,1-2H3,(H2,14,15). The number of anilines is 1. The minimum Gasteiger partial charge on any atom is -0.409 e. The van der Waals surface area contributed by atoms with Crippen molar-refractivity contribution in [2.24, 2.45) is 10.9 Å². The minimum atomic E-state index is -0.355. The molecule has 5 nitrogen and oxygen atoms in total. The van der Waals surface area contributed by atoms with Gasteiger partial charge in [-0.15, -0.1) is 0 Å². The molecule has 6 heteroatoms. The van der Waals surface area contributed by atoms with Crippen molar-refractivity contribution >= 4 is 27.5 Å². The largest absolute Gasteiger partial charge is 0.409 e. The average Bonchev–Trinajstić information content (AvgIpc) is 2.34. The van der Waals surface area contributed by atoms with E-state index >= 15 is 0 Å². The smallest absolute Gasteiger partial charge is 0.172 e. The fourth-order valence-electron chi connectivity index (χ4n) is 1.59. The number of rotatable bonds is 5. The van der Waals surface area contributed by atoms with E-state index < -0.39 is 0 Å². The van der Waals surface area contributed by atoms with Gasteiger partial charge in [-0.25, -0.2) is 0 Å². The molecule has 0 saturated heterocycles. The van der Waals surface area contributed by atoms with Gasteiger partial charge in [0, 0.05) is 29.3 Å². The van der Waals surface area contributed by atoms with Gasteiger partial charge in [-0.1, -0.05) is 21.1 Å². The molecule has 0 aromatic heterocycles. The monoisotopic (exact) mass is 315 g/mol. The summed E-state index contributed by atoms with van der Waals surface area (Å²) in [5.41, 5.74) is 7.16. The lowest BCUT2D eigenvalue weighted by molar-refractivity contribution is 0.187. The molecule has 0 radical (unpaired) electrons. The summed E-state index contributed by atoms with van der Waals surface area (Å²) < 4.78 is 0.913. The van der Waals surface area contributed by atoms with Crippen LogP contribution >= 0.6 is 15.9 Å². The second kappa shape index (κ2) is 6.61. The highest BCUT2D eigenvalue weighted by Gasteiger charge is 2.12. The zero-order chi connectivity index (χ0) is 13.7. The van der Waals surface area contributed by atoms with Crippen LogP contribution in [0.25, 0.3) is 0 Å². The molecule has 0 aliphatic heterocycles. The Morgan fingerprint density at radius 1 is 1.56 bits per heavy atom. The Morgan fingerprint density at radius 2 is 2.22 bits per heavy atom. The normalized spacial score (nSPS) is 13.4. The van der Waals surface area contributed by atoms with E-state index in [1.165, 1.54) is 0 Å². The summed E-state index contributed by atoms with van der Waals surface area (Å²) in [6, 6.07) is 5.52. The maximum atomic E-state index is 9.30. The molecule has 1 rings (SSSR count). The van der Waals surface area contributed by atoms with E-state index in [9.17, 15) is 5.11 Å². The summed E-state index contributed by atoms with van der Waals surface area (Å²) in [5, 5.41) is 21.1. The molecule has 100 valence electrons. The molecule has 0 amide bonds. The Labute approximate surface area is 115 Å². The molecule has 0 heterocycles. The van der Waals surface area contributed by atoms with Crippen molar-refractivity contribution in [3.05, 3.63) is 28.2 Å². The molecule has 0 aliphatic rings. The first kappa shape index (κ1) is 14.8. The van der Waals surface area contributed by atoms with E-state index in [0.29, 0.717) is 18.5 Å². The third-order valence-corrected chi connectivity index (χ3v) is 3.13. The first-order valence-corrected chi connectivity index (χ1v) is 6.41. The second-order valence-electron chi connectivity index (χ2n) is 4.21. The lowest BCUT2D eigenvalue weighted by atomic mass is 10.1. The Morgan fingerprint density at radius 3 is 2.78 bits per heavy atom. The predicted octanol–water partition coefficient (Wildman–Crippen LogP) is 1.75. The van der Waals surface area contributed by atoms with Crippen molar-refractivity contribution in [2.75, 3.05) is 18.5 Å². The van der Waals surface area contributed by atoms with Crippen molar-refractivity contribution in [3.63, 3.8) is 0 Å². The fourth-order valence-corrected chi connectivity index (χ4v) is 1.94. The molecule has 1 atom stereocenters. The number of amidine groups is 1. The molecule has 0 spiro atoms. The van der Waals surface area contributed by atoms with Crippen molar-refractivity contribution in [2.45, 2.75) is 19.4 Å². The van der Waals surface area contributed by atoms with Crippen LogP contribution in [-0.2, 0) is 0 Å². The van der Waals surface area contributed by atoms with Crippen LogP contribution in [0.15, 0.2) is 27.8 Å². The van der Waals surface area contributed by atoms with E-state index in [2.05, 4.69) is 21.1 Å². The number of nitrogens with zero attached hydrogens (tertiary/aromatic N) is 2. The summed E-state index contributed by atoms with van der Waals surface area (Å²) in [4.78, 5) is 1.96. The van der Waals surface area contributed by atoms with Gasteiger partial charge in [0.2, 0.25) is 0 Å². The number of halogens is 1. The molecule has 0 fully saturated rings. The second-order valence-corrected chi connectivity index (χ2v) is 5.12. The highest BCUT2D eigenvalue weighted by molar-refractivity contribution is 9.10. The van der Waals surface area contributed by atoms with E-state index in [4.69, 9.17) is 10.9 Å². The summed E-state index contributed by atoms with van der Waals surface area (Å²) >= 11 is 3.40. The molecule has 1 unspecified atom stereocenters. The van der Waals surface area contributed by atoms with Gasteiger partial charge in [-0.05, 0) is 31.5 Å². The van der Waals surface area contributed by atoms with Gasteiger partial charge in [0.15, 0.2) is 5.84 Å². The third-order valence-electron chi connectivity index (χ3n) is 2.64. The van der Waals surface area contributed by atoms with Gasteiger partial charge in [-0.3, -0.25) is 0 Å².